The number of Topliss-reactive ketones (excluding diaryl/α,β-unsaturated/α-hetero) is 1. The number of hydrogen-bond donors (Lipinski definition) is 1. The minimum absolute atomic E-state index is 0.00158. The van der Waals surface area contributed by atoms with Crippen LogP contribution >= 0.6 is 0 Å². The van der Waals surface area contributed by atoms with E-state index >= 15 is 0 Å². The Labute approximate surface area is 257 Å². The number of allylic oxidation sites excluding steroid dienone is 2. The second kappa shape index (κ2) is 14.4. The smallest absolute Gasteiger partial charge is 0.306 e. The number of aliphatic hydroxyl groups excluding tert-OH is 1. The molecule has 2 heterocycles. The first kappa shape index (κ1) is 33.0. The Kier molecular flexibility index (Phi) is 11.0. The molecule has 2 aliphatic heterocycles. The monoisotopic (exact) mass is 606 g/mol. The maximum atomic E-state index is 13.8. The summed E-state index contributed by atoms with van der Waals surface area (Å²) in [6, 6.07) is 0. The van der Waals surface area contributed by atoms with Crippen LogP contribution in [0.15, 0.2) is 11.6 Å². The fourth-order valence-electron chi connectivity index (χ4n) is 8.97. The van der Waals surface area contributed by atoms with Gasteiger partial charge in [0.05, 0.1) is 24.7 Å². The van der Waals surface area contributed by atoms with E-state index in [1.54, 1.807) is 14.2 Å². The van der Waals surface area contributed by atoms with Gasteiger partial charge in [0.25, 0.3) is 0 Å². The second-order valence-electron chi connectivity index (χ2n) is 13.6. The van der Waals surface area contributed by atoms with Gasteiger partial charge < -0.3 is 33.5 Å². The highest BCUT2D eigenvalue weighted by Crippen LogP contribution is 2.56. The average Bonchev–Trinajstić information content (AvgIpc) is 3.56. The van der Waals surface area contributed by atoms with E-state index in [0.29, 0.717) is 24.9 Å². The van der Waals surface area contributed by atoms with Gasteiger partial charge in [-0.05, 0) is 94.5 Å². The number of cyclic esters (lactones) is 1. The number of hydrogen-bond acceptors (Lipinski definition) is 9. The Morgan fingerprint density at radius 2 is 1.72 bits per heavy atom. The molecule has 5 rings (SSSR count). The first-order chi connectivity index (χ1) is 20.7. The largest absolute Gasteiger partial charge is 0.462 e. The van der Waals surface area contributed by atoms with Crippen LogP contribution in [0.2, 0.25) is 0 Å². The highest BCUT2D eigenvalue weighted by molar-refractivity contribution is 5.99. The highest BCUT2D eigenvalue weighted by Gasteiger charge is 2.53. The molecule has 0 aromatic carbocycles. The fourth-order valence-corrected chi connectivity index (χ4v) is 8.97. The average molecular weight is 607 g/mol. The SMILES string of the molecule is CCOC1C(OC)C(C)OC(OC2CC3CCC4C5CC(=O)OC(CC)CCCC(O)C(C)C(=O)C5=CC4C3C2)C1OC. The lowest BCUT2D eigenvalue weighted by atomic mass is 9.66. The van der Waals surface area contributed by atoms with Crippen LogP contribution in [0.3, 0.4) is 0 Å². The Hall–Kier alpha value is -1.36. The van der Waals surface area contributed by atoms with E-state index < -0.39 is 24.4 Å². The molecule has 43 heavy (non-hydrogen) atoms. The lowest BCUT2D eigenvalue weighted by Crippen LogP contribution is -2.60. The van der Waals surface area contributed by atoms with Crippen LogP contribution in [0.1, 0.15) is 85.5 Å². The molecule has 0 aromatic rings. The van der Waals surface area contributed by atoms with Crippen molar-refractivity contribution in [2.75, 3.05) is 20.8 Å². The van der Waals surface area contributed by atoms with Crippen LogP contribution in [0, 0.1) is 35.5 Å². The standard InChI is InChI=1S/C34H54O9/c1-7-21-10-9-11-28(35)18(3)30(37)27-16-25-23(26(27)17-29(36)42-21)13-12-20-14-22(15-24(20)25)43-34-33(39-6)32(40-8-2)31(38-5)19(4)41-34/h16,18-26,28,31-35H,7-15,17H2,1-6H3. The predicted molar refractivity (Wildman–Crippen MR) is 159 cm³/mol. The molecule has 5 aliphatic rings. The highest BCUT2D eigenvalue weighted by atomic mass is 16.7. The van der Waals surface area contributed by atoms with Crippen molar-refractivity contribution in [1.29, 1.82) is 0 Å². The molecular weight excluding hydrogens is 552 g/mol. The zero-order chi connectivity index (χ0) is 30.8. The summed E-state index contributed by atoms with van der Waals surface area (Å²) in [6.07, 6.45) is 6.42. The van der Waals surface area contributed by atoms with Crippen LogP contribution in [0.25, 0.3) is 0 Å². The minimum Gasteiger partial charge on any atom is -0.462 e. The van der Waals surface area contributed by atoms with E-state index in [1.807, 2.05) is 27.7 Å². The second-order valence-corrected chi connectivity index (χ2v) is 13.6. The molecule has 0 aromatic heterocycles. The number of fused-ring (bicyclic) bond motifs is 5. The third-order valence-corrected chi connectivity index (χ3v) is 11.3. The van der Waals surface area contributed by atoms with Gasteiger partial charge >= 0.3 is 5.97 Å². The number of methoxy groups -OCH3 is 2. The molecule has 0 amide bonds. The van der Waals surface area contributed by atoms with Crippen molar-refractivity contribution < 1.29 is 43.1 Å². The van der Waals surface area contributed by atoms with Crippen LogP contribution < -0.4 is 0 Å². The topological polar surface area (TPSA) is 110 Å². The van der Waals surface area contributed by atoms with Gasteiger partial charge in [0.15, 0.2) is 12.1 Å². The number of carbonyl (C=O) groups is 2. The van der Waals surface area contributed by atoms with Gasteiger partial charge in [-0.1, -0.05) is 19.9 Å². The summed E-state index contributed by atoms with van der Waals surface area (Å²) in [4.78, 5) is 27.0. The molecule has 14 atom stereocenters. The summed E-state index contributed by atoms with van der Waals surface area (Å²) >= 11 is 0. The van der Waals surface area contributed by atoms with Crippen LogP contribution in [0.5, 0.6) is 0 Å². The van der Waals surface area contributed by atoms with E-state index in [-0.39, 0.29) is 66.4 Å². The van der Waals surface area contributed by atoms with Gasteiger partial charge in [0.1, 0.15) is 24.4 Å². The molecule has 2 saturated carbocycles. The summed E-state index contributed by atoms with van der Waals surface area (Å²) in [5.74, 6) is 0.435. The third kappa shape index (κ3) is 6.77. The van der Waals surface area contributed by atoms with Gasteiger partial charge in [-0.15, -0.1) is 0 Å². The Bertz CT molecular complexity index is 998. The molecule has 2 saturated heterocycles. The summed E-state index contributed by atoms with van der Waals surface area (Å²) in [5.41, 5.74) is 0.742. The van der Waals surface area contributed by atoms with Crippen molar-refractivity contribution in [3.8, 4) is 0 Å². The van der Waals surface area contributed by atoms with Crippen LogP contribution in [0.4, 0.5) is 0 Å². The maximum absolute atomic E-state index is 13.8. The summed E-state index contributed by atoms with van der Waals surface area (Å²) in [5, 5.41) is 10.9. The Morgan fingerprint density at radius 1 is 0.953 bits per heavy atom. The quantitative estimate of drug-likeness (QED) is 0.415. The van der Waals surface area contributed by atoms with Crippen molar-refractivity contribution in [2.24, 2.45) is 35.5 Å². The zero-order valence-electron chi connectivity index (χ0n) is 26.9. The molecule has 14 unspecified atom stereocenters. The summed E-state index contributed by atoms with van der Waals surface area (Å²) in [7, 11) is 3.33. The maximum Gasteiger partial charge on any atom is 0.306 e. The number of rotatable bonds is 7. The van der Waals surface area contributed by atoms with Crippen molar-refractivity contribution in [3.63, 3.8) is 0 Å². The normalized spacial score (nSPS) is 45.7. The first-order valence-electron chi connectivity index (χ1n) is 16.8. The molecule has 244 valence electrons. The molecule has 3 aliphatic carbocycles. The number of ketones is 1. The summed E-state index contributed by atoms with van der Waals surface area (Å²) < 4.78 is 36.5. The van der Waals surface area contributed by atoms with Gasteiger partial charge in [-0.2, -0.15) is 0 Å². The lowest BCUT2D eigenvalue weighted by Gasteiger charge is -2.44. The molecule has 0 spiro atoms. The van der Waals surface area contributed by atoms with Gasteiger partial charge in [0.2, 0.25) is 0 Å². The van der Waals surface area contributed by atoms with E-state index in [9.17, 15) is 14.7 Å². The molecule has 4 fully saturated rings. The molecule has 9 heteroatoms. The Balaban J connectivity index is 1.33. The third-order valence-electron chi connectivity index (χ3n) is 11.3. The van der Waals surface area contributed by atoms with Crippen molar-refractivity contribution in [2.45, 2.75) is 135 Å². The van der Waals surface area contributed by atoms with E-state index in [4.69, 9.17) is 28.4 Å². The van der Waals surface area contributed by atoms with Crippen molar-refractivity contribution in [3.05, 3.63) is 11.6 Å². The number of carbonyl (C=O) groups excluding carboxylic acids is 2. The van der Waals surface area contributed by atoms with E-state index in [2.05, 4.69) is 6.08 Å². The van der Waals surface area contributed by atoms with Crippen LogP contribution in [-0.4, -0.2) is 86.7 Å². The molecule has 9 nitrogen and oxygen atoms in total. The van der Waals surface area contributed by atoms with E-state index in [0.717, 1.165) is 50.5 Å². The minimum atomic E-state index is -0.689. The number of aliphatic hydroxyl groups is 1. The fraction of sp³-hybridized carbons (Fsp3) is 0.882. The molecule has 1 N–H and O–H groups in total. The molecular formula is C34H54O9. The lowest BCUT2D eigenvalue weighted by molar-refractivity contribution is -0.317. The van der Waals surface area contributed by atoms with Gasteiger partial charge in [-0.3, -0.25) is 9.59 Å². The van der Waals surface area contributed by atoms with Gasteiger partial charge in [0, 0.05) is 32.7 Å². The van der Waals surface area contributed by atoms with Crippen molar-refractivity contribution in [1.82, 2.24) is 0 Å². The van der Waals surface area contributed by atoms with Gasteiger partial charge in [-0.25, -0.2) is 0 Å². The predicted octanol–water partition coefficient (Wildman–Crippen LogP) is 4.62. The molecule has 0 bridgehead atoms. The van der Waals surface area contributed by atoms with E-state index in [1.165, 1.54) is 0 Å². The number of ether oxygens (including phenoxy) is 6. The molecule has 0 radical (unpaired) electrons. The van der Waals surface area contributed by atoms with Crippen molar-refractivity contribution >= 4 is 11.8 Å². The summed E-state index contributed by atoms with van der Waals surface area (Å²) in [6.45, 7) is 8.36. The first-order valence-corrected chi connectivity index (χ1v) is 16.8. The number of esters is 1. The zero-order valence-corrected chi connectivity index (χ0v) is 26.9. The van der Waals surface area contributed by atoms with Crippen LogP contribution in [-0.2, 0) is 38.0 Å². The Morgan fingerprint density at radius 3 is 2.42 bits per heavy atom.